The van der Waals surface area contributed by atoms with Gasteiger partial charge in [-0.25, -0.2) is 9.97 Å². The number of pyridine rings is 1. The third kappa shape index (κ3) is 4.39. The Labute approximate surface area is 139 Å². The fraction of sp³-hybridized carbons (Fsp3) is 0.375. The van der Waals surface area contributed by atoms with Gasteiger partial charge in [-0.15, -0.1) is 0 Å². The number of hydrogen-bond donors (Lipinski definition) is 1. The zero-order valence-electron chi connectivity index (χ0n) is 12.5. The molecule has 1 aliphatic rings. The standard InChI is InChI=1S/C16H17ClN4O2/c17-12-9-19-16(20-10-12)23-14-5-3-13(4-6-14)21-15(22)11-2-1-7-18-8-11/h1-2,7-10,13-14H,3-6H2,(H,21,22). The van der Waals surface area contributed by atoms with Crippen molar-refractivity contribution >= 4 is 17.5 Å². The van der Waals surface area contributed by atoms with Crippen LogP contribution in [0.2, 0.25) is 5.02 Å². The molecule has 2 aromatic heterocycles. The molecule has 0 unspecified atom stereocenters. The van der Waals surface area contributed by atoms with Crippen LogP contribution in [0.4, 0.5) is 0 Å². The number of hydrogen-bond acceptors (Lipinski definition) is 5. The minimum Gasteiger partial charge on any atom is -0.460 e. The highest BCUT2D eigenvalue weighted by Gasteiger charge is 2.24. The molecule has 1 fully saturated rings. The first-order valence-corrected chi connectivity index (χ1v) is 7.93. The van der Waals surface area contributed by atoms with Crippen LogP contribution in [0.15, 0.2) is 36.9 Å². The molecule has 120 valence electrons. The van der Waals surface area contributed by atoms with E-state index in [1.54, 1.807) is 24.5 Å². The highest BCUT2D eigenvalue weighted by molar-refractivity contribution is 6.30. The molecule has 0 bridgehead atoms. The van der Waals surface area contributed by atoms with Crippen molar-refractivity contribution in [3.63, 3.8) is 0 Å². The number of nitrogens with zero attached hydrogens (tertiary/aromatic N) is 3. The van der Waals surface area contributed by atoms with Crippen LogP contribution in [0.5, 0.6) is 6.01 Å². The molecular formula is C16H17ClN4O2. The van der Waals surface area contributed by atoms with Crippen molar-refractivity contribution in [1.82, 2.24) is 20.3 Å². The normalized spacial score (nSPS) is 20.7. The molecule has 2 heterocycles. The molecule has 6 nitrogen and oxygen atoms in total. The van der Waals surface area contributed by atoms with Crippen LogP contribution in [0.25, 0.3) is 0 Å². The number of halogens is 1. The molecule has 0 atom stereocenters. The number of ether oxygens (including phenoxy) is 1. The van der Waals surface area contributed by atoms with E-state index in [1.807, 2.05) is 0 Å². The van der Waals surface area contributed by atoms with Gasteiger partial charge in [-0.3, -0.25) is 9.78 Å². The first-order chi connectivity index (χ1) is 11.2. The maximum Gasteiger partial charge on any atom is 0.316 e. The minimum atomic E-state index is -0.0801. The van der Waals surface area contributed by atoms with Crippen LogP contribution >= 0.6 is 11.6 Å². The molecule has 0 radical (unpaired) electrons. The van der Waals surface area contributed by atoms with E-state index in [1.165, 1.54) is 12.4 Å². The molecule has 3 rings (SSSR count). The zero-order valence-corrected chi connectivity index (χ0v) is 13.2. The molecule has 1 saturated carbocycles. The molecule has 7 heteroatoms. The number of rotatable bonds is 4. The Bertz CT molecular complexity index is 643. The second kappa shape index (κ2) is 7.37. The van der Waals surface area contributed by atoms with Crippen molar-refractivity contribution in [2.45, 2.75) is 37.8 Å². The Morgan fingerprint density at radius 2 is 1.91 bits per heavy atom. The summed E-state index contributed by atoms with van der Waals surface area (Å²) in [5.74, 6) is -0.0801. The molecule has 23 heavy (non-hydrogen) atoms. The van der Waals surface area contributed by atoms with Crippen molar-refractivity contribution in [2.24, 2.45) is 0 Å². The quantitative estimate of drug-likeness (QED) is 0.931. The van der Waals surface area contributed by atoms with E-state index >= 15 is 0 Å². The third-order valence-electron chi connectivity index (χ3n) is 3.80. The number of amides is 1. The first-order valence-electron chi connectivity index (χ1n) is 7.56. The van der Waals surface area contributed by atoms with Gasteiger partial charge in [-0.05, 0) is 37.8 Å². The predicted octanol–water partition coefficient (Wildman–Crippen LogP) is 2.65. The van der Waals surface area contributed by atoms with Gasteiger partial charge in [0.1, 0.15) is 6.10 Å². The lowest BCUT2D eigenvalue weighted by Crippen LogP contribution is -2.39. The van der Waals surface area contributed by atoms with Crippen molar-refractivity contribution in [3.8, 4) is 6.01 Å². The van der Waals surface area contributed by atoms with Crippen molar-refractivity contribution in [3.05, 3.63) is 47.5 Å². The van der Waals surface area contributed by atoms with Crippen LogP contribution in [0.3, 0.4) is 0 Å². The molecule has 0 aliphatic heterocycles. The Morgan fingerprint density at radius 3 is 2.57 bits per heavy atom. The first kappa shape index (κ1) is 15.7. The Kier molecular flexibility index (Phi) is 5.02. The topological polar surface area (TPSA) is 77.0 Å². The fourth-order valence-corrected chi connectivity index (χ4v) is 2.70. The lowest BCUT2D eigenvalue weighted by atomic mass is 9.93. The van der Waals surface area contributed by atoms with Gasteiger partial charge in [0.15, 0.2) is 0 Å². The number of aromatic nitrogens is 3. The Balaban J connectivity index is 1.47. The minimum absolute atomic E-state index is 0.0720. The lowest BCUT2D eigenvalue weighted by Gasteiger charge is -2.28. The van der Waals surface area contributed by atoms with Gasteiger partial charge in [0.25, 0.3) is 5.91 Å². The summed E-state index contributed by atoms with van der Waals surface area (Å²) in [5, 5.41) is 3.53. The van der Waals surface area contributed by atoms with Gasteiger partial charge < -0.3 is 10.1 Å². The summed E-state index contributed by atoms with van der Waals surface area (Å²) < 4.78 is 5.74. The average Bonchev–Trinajstić information content (AvgIpc) is 2.59. The zero-order chi connectivity index (χ0) is 16.1. The summed E-state index contributed by atoms with van der Waals surface area (Å²) in [5.41, 5.74) is 0.584. The summed E-state index contributed by atoms with van der Waals surface area (Å²) in [6.07, 6.45) is 9.76. The number of carbonyl (C=O) groups is 1. The van der Waals surface area contributed by atoms with Gasteiger partial charge in [-0.2, -0.15) is 0 Å². The average molecular weight is 333 g/mol. The maximum atomic E-state index is 12.1. The van der Waals surface area contributed by atoms with Crippen LogP contribution in [-0.2, 0) is 0 Å². The van der Waals surface area contributed by atoms with Crippen LogP contribution < -0.4 is 10.1 Å². The van der Waals surface area contributed by atoms with E-state index in [0.29, 0.717) is 16.6 Å². The molecule has 1 aliphatic carbocycles. The molecule has 2 aromatic rings. The van der Waals surface area contributed by atoms with Crippen molar-refractivity contribution < 1.29 is 9.53 Å². The van der Waals surface area contributed by atoms with Gasteiger partial charge in [0.05, 0.1) is 23.0 Å². The summed E-state index contributed by atoms with van der Waals surface area (Å²) in [6.45, 7) is 0. The summed E-state index contributed by atoms with van der Waals surface area (Å²) >= 11 is 5.75. The predicted molar refractivity (Wildman–Crippen MR) is 85.4 cm³/mol. The van der Waals surface area contributed by atoms with Crippen molar-refractivity contribution in [2.75, 3.05) is 0 Å². The van der Waals surface area contributed by atoms with E-state index in [2.05, 4.69) is 20.3 Å². The third-order valence-corrected chi connectivity index (χ3v) is 4.00. The highest BCUT2D eigenvalue weighted by atomic mass is 35.5. The summed E-state index contributed by atoms with van der Waals surface area (Å²) in [7, 11) is 0. The molecule has 0 spiro atoms. The number of carbonyl (C=O) groups excluding carboxylic acids is 1. The molecule has 0 saturated heterocycles. The molecule has 0 aromatic carbocycles. The van der Waals surface area contributed by atoms with Crippen LogP contribution in [-0.4, -0.2) is 33.0 Å². The van der Waals surface area contributed by atoms with E-state index in [4.69, 9.17) is 16.3 Å². The van der Waals surface area contributed by atoms with Gasteiger partial charge in [-0.1, -0.05) is 11.6 Å². The van der Waals surface area contributed by atoms with Crippen LogP contribution in [0.1, 0.15) is 36.0 Å². The fourth-order valence-electron chi connectivity index (χ4n) is 2.60. The Morgan fingerprint density at radius 1 is 1.17 bits per heavy atom. The summed E-state index contributed by atoms with van der Waals surface area (Å²) in [4.78, 5) is 24.1. The lowest BCUT2D eigenvalue weighted by molar-refractivity contribution is 0.0885. The SMILES string of the molecule is O=C(NC1CCC(Oc2ncc(Cl)cn2)CC1)c1cccnc1. The van der Waals surface area contributed by atoms with Gasteiger partial charge in [0.2, 0.25) is 0 Å². The molecule has 1 amide bonds. The summed E-state index contributed by atoms with van der Waals surface area (Å²) in [6, 6.07) is 4.02. The van der Waals surface area contributed by atoms with E-state index < -0.39 is 0 Å². The second-order valence-corrected chi connectivity index (χ2v) is 5.93. The van der Waals surface area contributed by atoms with E-state index in [9.17, 15) is 4.79 Å². The largest absolute Gasteiger partial charge is 0.460 e. The highest BCUT2D eigenvalue weighted by Crippen LogP contribution is 2.22. The smallest absolute Gasteiger partial charge is 0.316 e. The van der Waals surface area contributed by atoms with Crippen LogP contribution in [0, 0.1) is 0 Å². The Hall–Kier alpha value is -2.21. The monoisotopic (exact) mass is 332 g/mol. The van der Waals surface area contributed by atoms with E-state index in [-0.39, 0.29) is 18.1 Å². The maximum absolute atomic E-state index is 12.1. The van der Waals surface area contributed by atoms with E-state index in [0.717, 1.165) is 25.7 Å². The molecular weight excluding hydrogens is 316 g/mol. The van der Waals surface area contributed by atoms with Crippen molar-refractivity contribution in [1.29, 1.82) is 0 Å². The molecule has 1 N–H and O–H groups in total. The van der Waals surface area contributed by atoms with Gasteiger partial charge in [0, 0.05) is 18.4 Å². The second-order valence-electron chi connectivity index (χ2n) is 5.49. The number of nitrogens with one attached hydrogen (secondary N) is 1. The van der Waals surface area contributed by atoms with Gasteiger partial charge >= 0.3 is 6.01 Å².